The molecular weight excluding hydrogens is 246 g/mol. The third kappa shape index (κ3) is 3.10. The minimum Gasteiger partial charge on any atom is -0.506 e. The summed E-state index contributed by atoms with van der Waals surface area (Å²) in [5.41, 5.74) is -1.19. The fraction of sp³-hybridized carbons (Fsp3) is 0.273. The van der Waals surface area contributed by atoms with E-state index >= 15 is 0 Å². The van der Waals surface area contributed by atoms with Crippen LogP contribution in [0.3, 0.4) is 0 Å². The summed E-state index contributed by atoms with van der Waals surface area (Å²) in [4.78, 5) is 22.5. The number of rotatable bonds is 3. The Bertz CT molecular complexity index is 471. The molecule has 0 atom stereocenters. The maximum absolute atomic E-state index is 11.7. The third-order valence-corrected chi connectivity index (χ3v) is 2.47. The zero-order valence-corrected chi connectivity index (χ0v) is 10.1. The highest BCUT2D eigenvalue weighted by molar-refractivity contribution is 6.32. The number of carbonyl (C=O) groups is 2. The predicted molar refractivity (Wildman–Crippen MR) is 62.3 cm³/mol. The summed E-state index contributed by atoms with van der Waals surface area (Å²) < 4.78 is 0. The second-order valence-corrected chi connectivity index (χ2v) is 4.46. The molecule has 0 aliphatic rings. The predicted octanol–water partition coefficient (Wildman–Crippen LogP) is 1.64. The number of phenolic OH excluding ortho intramolecular Hbond substituents is 1. The van der Waals surface area contributed by atoms with Crippen LogP contribution in [0.5, 0.6) is 5.75 Å². The van der Waals surface area contributed by atoms with E-state index in [9.17, 15) is 14.7 Å². The second kappa shape index (κ2) is 4.63. The van der Waals surface area contributed by atoms with Crippen LogP contribution in [0.1, 0.15) is 24.2 Å². The van der Waals surface area contributed by atoms with Gasteiger partial charge in [-0.3, -0.25) is 4.79 Å². The first-order chi connectivity index (χ1) is 7.74. The van der Waals surface area contributed by atoms with E-state index in [2.05, 4.69) is 5.32 Å². The van der Waals surface area contributed by atoms with Crippen molar-refractivity contribution in [3.8, 4) is 5.75 Å². The van der Waals surface area contributed by atoms with Crippen LogP contribution in [0.4, 0.5) is 0 Å². The molecule has 0 saturated heterocycles. The number of hydrogen-bond acceptors (Lipinski definition) is 3. The van der Waals surface area contributed by atoms with Crippen molar-refractivity contribution in [1.82, 2.24) is 5.32 Å². The largest absolute Gasteiger partial charge is 0.506 e. The van der Waals surface area contributed by atoms with Gasteiger partial charge < -0.3 is 15.5 Å². The molecule has 0 aliphatic carbocycles. The minimum absolute atomic E-state index is 0.0331. The first kappa shape index (κ1) is 13.3. The van der Waals surface area contributed by atoms with Gasteiger partial charge >= 0.3 is 5.97 Å². The summed E-state index contributed by atoms with van der Waals surface area (Å²) in [6.07, 6.45) is 0. The molecule has 1 aromatic rings. The molecule has 0 saturated carbocycles. The van der Waals surface area contributed by atoms with Gasteiger partial charge in [0.25, 0.3) is 5.91 Å². The number of hydrogen-bond donors (Lipinski definition) is 3. The first-order valence-electron chi connectivity index (χ1n) is 4.78. The molecule has 92 valence electrons. The van der Waals surface area contributed by atoms with Gasteiger partial charge in [0, 0.05) is 5.56 Å². The summed E-state index contributed by atoms with van der Waals surface area (Å²) in [6.45, 7) is 2.74. The summed E-state index contributed by atoms with van der Waals surface area (Å²) in [5.74, 6) is -1.85. The number of carboxylic acids is 1. The van der Waals surface area contributed by atoms with Crippen molar-refractivity contribution in [1.29, 1.82) is 0 Å². The van der Waals surface area contributed by atoms with E-state index in [1.807, 2.05) is 0 Å². The number of nitrogens with one attached hydrogen (secondary N) is 1. The molecule has 5 nitrogen and oxygen atoms in total. The highest BCUT2D eigenvalue weighted by atomic mass is 35.5. The van der Waals surface area contributed by atoms with Crippen LogP contribution >= 0.6 is 11.6 Å². The standard InChI is InChI=1S/C11H12ClNO4/c1-11(2,10(16)17)13-9(15)6-3-4-8(14)7(12)5-6/h3-5,14H,1-2H3,(H,13,15)(H,16,17). The lowest BCUT2D eigenvalue weighted by molar-refractivity contribution is -0.143. The number of halogens is 1. The van der Waals surface area contributed by atoms with Crippen molar-refractivity contribution in [2.75, 3.05) is 0 Å². The van der Waals surface area contributed by atoms with Gasteiger partial charge in [0.2, 0.25) is 0 Å². The van der Waals surface area contributed by atoms with E-state index in [4.69, 9.17) is 16.7 Å². The van der Waals surface area contributed by atoms with Crippen LogP contribution < -0.4 is 5.32 Å². The van der Waals surface area contributed by atoms with Gasteiger partial charge in [0.05, 0.1) is 5.02 Å². The molecule has 6 heteroatoms. The van der Waals surface area contributed by atoms with Crippen LogP contribution in [0.2, 0.25) is 5.02 Å². The van der Waals surface area contributed by atoms with Crippen LogP contribution in [-0.4, -0.2) is 27.6 Å². The van der Waals surface area contributed by atoms with Crippen LogP contribution in [0.15, 0.2) is 18.2 Å². The monoisotopic (exact) mass is 257 g/mol. The van der Waals surface area contributed by atoms with Gasteiger partial charge in [-0.15, -0.1) is 0 Å². The number of phenols is 1. The van der Waals surface area contributed by atoms with Gasteiger partial charge in [0.15, 0.2) is 0 Å². The molecule has 0 unspecified atom stereocenters. The van der Waals surface area contributed by atoms with Crippen molar-refractivity contribution in [3.63, 3.8) is 0 Å². The first-order valence-corrected chi connectivity index (χ1v) is 5.16. The Morgan fingerprint density at radius 2 is 1.94 bits per heavy atom. The highest BCUT2D eigenvalue weighted by Gasteiger charge is 2.29. The number of amides is 1. The summed E-state index contributed by atoms with van der Waals surface area (Å²) >= 11 is 5.65. The summed E-state index contributed by atoms with van der Waals surface area (Å²) in [6, 6.07) is 3.89. The van der Waals surface area contributed by atoms with Crippen molar-refractivity contribution < 1.29 is 19.8 Å². The van der Waals surface area contributed by atoms with E-state index in [0.717, 1.165) is 0 Å². The lowest BCUT2D eigenvalue weighted by Gasteiger charge is -2.21. The molecule has 1 amide bonds. The van der Waals surface area contributed by atoms with Gasteiger partial charge in [-0.1, -0.05) is 11.6 Å². The SMILES string of the molecule is CC(C)(NC(=O)c1ccc(O)c(Cl)c1)C(=O)O. The van der Waals surface area contributed by atoms with Crippen molar-refractivity contribution in [2.45, 2.75) is 19.4 Å². The van der Waals surface area contributed by atoms with Gasteiger partial charge in [-0.2, -0.15) is 0 Å². The fourth-order valence-corrected chi connectivity index (χ4v) is 1.24. The van der Waals surface area contributed by atoms with E-state index in [1.54, 1.807) is 0 Å². The summed E-state index contributed by atoms with van der Waals surface area (Å²) in [7, 11) is 0. The molecule has 17 heavy (non-hydrogen) atoms. The Balaban J connectivity index is 2.91. The molecule has 0 aromatic heterocycles. The highest BCUT2D eigenvalue weighted by Crippen LogP contribution is 2.23. The van der Waals surface area contributed by atoms with Gasteiger partial charge in [-0.25, -0.2) is 4.79 Å². The average Bonchev–Trinajstić information content (AvgIpc) is 2.21. The van der Waals surface area contributed by atoms with Crippen LogP contribution in [0.25, 0.3) is 0 Å². The van der Waals surface area contributed by atoms with Gasteiger partial charge in [-0.05, 0) is 32.0 Å². The lowest BCUT2D eigenvalue weighted by Crippen LogP contribution is -2.49. The number of carboxylic acid groups (broad SMARTS) is 1. The summed E-state index contributed by atoms with van der Waals surface area (Å²) in [5, 5.41) is 20.4. The number of aromatic hydroxyl groups is 1. The van der Waals surface area contributed by atoms with E-state index < -0.39 is 17.4 Å². The maximum atomic E-state index is 11.7. The van der Waals surface area contributed by atoms with Gasteiger partial charge in [0.1, 0.15) is 11.3 Å². The Morgan fingerprint density at radius 3 is 2.41 bits per heavy atom. The second-order valence-electron chi connectivity index (χ2n) is 4.05. The zero-order valence-electron chi connectivity index (χ0n) is 9.32. The quantitative estimate of drug-likeness (QED) is 0.768. The Morgan fingerprint density at radius 1 is 1.35 bits per heavy atom. The van der Waals surface area contributed by atoms with Crippen molar-refractivity contribution in [3.05, 3.63) is 28.8 Å². The number of carbonyl (C=O) groups excluding carboxylic acids is 1. The fourth-order valence-electron chi connectivity index (χ4n) is 1.06. The molecule has 0 radical (unpaired) electrons. The zero-order chi connectivity index (χ0) is 13.2. The molecule has 0 spiro atoms. The molecular formula is C11H12ClNO4. The number of benzene rings is 1. The topological polar surface area (TPSA) is 86.6 Å². The Hall–Kier alpha value is -1.75. The van der Waals surface area contributed by atoms with Crippen LogP contribution in [0, 0.1) is 0 Å². The smallest absolute Gasteiger partial charge is 0.328 e. The Labute approximate surface area is 103 Å². The molecule has 0 aliphatic heterocycles. The number of aliphatic carboxylic acids is 1. The lowest BCUT2D eigenvalue weighted by atomic mass is 10.1. The van der Waals surface area contributed by atoms with E-state index in [1.165, 1.54) is 32.0 Å². The van der Waals surface area contributed by atoms with Crippen molar-refractivity contribution >= 4 is 23.5 Å². The Kier molecular flexibility index (Phi) is 3.63. The molecule has 0 fully saturated rings. The molecule has 3 N–H and O–H groups in total. The minimum atomic E-state index is -1.37. The molecule has 0 bridgehead atoms. The molecule has 0 heterocycles. The van der Waals surface area contributed by atoms with E-state index in [-0.39, 0.29) is 16.3 Å². The van der Waals surface area contributed by atoms with E-state index in [0.29, 0.717) is 0 Å². The van der Waals surface area contributed by atoms with Crippen molar-refractivity contribution in [2.24, 2.45) is 0 Å². The normalized spacial score (nSPS) is 11.0. The average molecular weight is 258 g/mol. The molecule has 1 rings (SSSR count). The van der Waals surface area contributed by atoms with Crippen LogP contribution in [-0.2, 0) is 4.79 Å². The third-order valence-electron chi connectivity index (χ3n) is 2.17. The maximum Gasteiger partial charge on any atom is 0.328 e. The molecule has 1 aromatic carbocycles.